The number of benzene rings is 2. The van der Waals surface area contributed by atoms with E-state index in [2.05, 4.69) is 34.5 Å². The first-order valence-electron chi connectivity index (χ1n) is 8.62. The van der Waals surface area contributed by atoms with Crippen LogP contribution in [0.4, 0.5) is 0 Å². The second-order valence-electron chi connectivity index (χ2n) is 6.39. The van der Waals surface area contributed by atoms with Crippen LogP contribution in [0.5, 0.6) is 0 Å². The molecule has 1 saturated heterocycles. The van der Waals surface area contributed by atoms with Gasteiger partial charge in [0.2, 0.25) is 0 Å². The molecule has 1 aliphatic rings. The maximum absolute atomic E-state index is 12.2. The minimum absolute atomic E-state index is 0. The molecule has 26 heavy (non-hydrogen) atoms. The quantitative estimate of drug-likeness (QED) is 0.786. The highest BCUT2D eigenvalue weighted by atomic mass is 35.5. The Kier molecular flexibility index (Phi) is 9.66. The van der Waals surface area contributed by atoms with Crippen molar-refractivity contribution in [2.45, 2.75) is 32.5 Å². The van der Waals surface area contributed by atoms with Crippen molar-refractivity contribution < 1.29 is 4.79 Å². The van der Waals surface area contributed by atoms with Crippen molar-refractivity contribution in [1.29, 1.82) is 0 Å². The van der Waals surface area contributed by atoms with Gasteiger partial charge >= 0.3 is 0 Å². The highest BCUT2D eigenvalue weighted by Gasteiger charge is 2.12. The number of likely N-dealkylation sites (tertiary alicyclic amines) is 1. The predicted octanol–water partition coefficient (Wildman–Crippen LogP) is 3.51. The van der Waals surface area contributed by atoms with Gasteiger partial charge in [-0.2, -0.15) is 0 Å². The van der Waals surface area contributed by atoms with Crippen LogP contribution in [0.2, 0.25) is 0 Å². The Morgan fingerprint density at radius 1 is 0.962 bits per heavy atom. The molecule has 1 heterocycles. The summed E-state index contributed by atoms with van der Waals surface area (Å²) in [5.41, 5.74) is 9.73. The summed E-state index contributed by atoms with van der Waals surface area (Å²) in [6, 6.07) is 15.9. The zero-order chi connectivity index (χ0) is 16.8. The van der Waals surface area contributed by atoms with Gasteiger partial charge in [-0.15, -0.1) is 24.8 Å². The second-order valence-corrected chi connectivity index (χ2v) is 6.39. The van der Waals surface area contributed by atoms with Crippen LogP contribution in [0.15, 0.2) is 48.5 Å². The number of nitrogens with two attached hydrogens (primary N) is 1. The molecule has 3 rings (SSSR count). The molecule has 0 unspecified atom stereocenters. The number of hydrogen-bond acceptors (Lipinski definition) is 3. The summed E-state index contributed by atoms with van der Waals surface area (Å²) in [7, 11) is 0. The van der Waals surface area contributed by atoms with E-state index in [-0.39, 0.29) is 30.7 Å². The van der Waals surface area contributed by atoms with E-state index in [4.69, 9.17) is 5.73 Å². The summed E-state index contributed by atoms with van der Waals surface area (Å²) < 4.78 is 0. The van der Waals surface area contributed by atoms with Gasteiger partial charge in [-0.05, 0) is 54.8 Å². The molecule has 3 N–H and O–H groups in total. The summed E-state index contributed by atoms with van der Waals surface area (Å²) in [6.07, 6.45) is 2.61. The van der Waals surface area contributed by atoms with E-state index in [9.17, 15) is 4.79 Å². The summed E-state index contributed by atoms with van der Waals surface area (Å²) in [5.74, 6) is -0.0523. The Hall–Kier alpha value is -1.59. The zero-order valence-corrected chi connectivity index (χ0v) is 16.5. The first-order chi connectivity index (χ1) is 11.7. The fourth-order valence-corrected chi connectivity index (χ4v) is 3.11. The Morgan fingerprint density at radius 3 is 2.27 bits per heavy atom. The van der Waals surface area contributed by atoms with Crippen molar-refractivity contribution in [1.82, 2.24) is 10.2 Å². The van der Waals surface area contributed by atoms with Crippen molar-refractivity contribution in [3.63, 3.8) is 0 Å². The number of hydrogen-bond donors (Lipinski definition) is 2. The van der Waals surface area contributed by atoms with Crippen LogP contribution in [0.1, 0.15) is 39.9 Å². The Balaban J connectivity index is 0.00000169. The molecule has 6 heteroatoms. The van der Waals surface area contributed by atoms with Gasteiger partial charge in [0.25, 0.3) is 5.91 Å². The number of halogens is 2. The normalized spacial score (nSPS) is 13.6. The highest BCUT2D eigenvalue weighted by molar-refractivity contribution is 5.94. The average Bonchev–Trinajstić information content (AvgIpc) is 3.13. The zero-order valence-electron chi connectivity index (χ0n) is 14.8. The molecule has 142 valence electrons. The number of carbonyl (C=O) groups is 1. The van der Waals surface area contributed by atoms with Gasteiger partial charge < -0.3 is 11.1 Å². The molecular weight excluding hydrogens is 369 g/mol. The third kappa shape index (κ3) is 6.29. The average molecular weight is 396 g/mol. The van der Waals surface area contributed by atoms with E-state index < -0.39 is 0 Å². The van der Waals surface area contributed by atoms with Crippen LogP contribution < -0.4 is 11.1 Å². The van der Waals surface area contributed by atoms with Gasteiger partial charge in [0.15, 0.2) is 0 Å². The lowest BCUT2D eigenvalue weighted by molar-refractivity contribution is 0.0951. The monoisotopic (exact) mass is 395 g/mol. The third-order valence-electron chi connectivity index (χ3n) is 4.50. The van der Waals surface area contributed by atoms with Gasteiger partial charge in [-0.1, -0.05) is 36.4 Å². The lowest BCUT2D eigenvalue weighted by atomic mass is 10.1. The molecule has 0 spiro atoms. The lowest BCUT2D eigenvalue weighted by Gasteiger charge is -2.15. The van der Waals surface area contributed by atoms with Crippen molar-refractivity contribution >= 4 is 30.7 Å². The summed E-state index contributed by atoms with van der Waals surface area (Å²) in [5, 5.41) is 2.99. The molecular formula is C20H27Cl2N3O. The molecule has 0 radical (unpaired) electrons. The molecule has 0 atom stereocenters. The van der Waals surface area contributed by atoms with E-state index in [0.29, 0.717) is 18.7 Å². The highest BCUT2D eigenvalue weighted by Crippen LogP contribution is 2.14. The van der Waals surface area contributed by atoms with E-state index in [0.717, 1.165) is 17.7 Å². The van der Waals surface area contributed by atoms with Gasteiger partial charge in [0.1, 0.15) is 0 Å². The lowest BCUT2D eigenvalue weighted by Crippen LogP contribution is -2.23. The minimum Gasteiger partial charge on any atom is -0.348 e. The smallest absolute Gasteiger partial charge is 0.251 e. The van der Waals surface area contributed by atoms with Crippen molar-refractivity contribution in [2.24, 2.45) is 5.73 Å². The van der Waals surface area contributed by atoms with Crippen LogP contribution in [0.25, 0.3) is 0 Å². The molecule has 2 aromatic rings. The molecule has 4 nitrogen and oxygen atoms in total. The summed E-state index contributed by atoms with van der Waals surface area (Å²) >= 11 is 0. The number of carbonyl (C=O) groups excluding carboxylic acids is 1. The minimum atomic E-state index is -0.0523. The number of nitrogens with one attached hydrogen (secondary N) is 1. The van der Waals surface area contributed by atoms with Crippen molar-refractivity contribution in [2.75, 3.05) is 13.1 Å². The van der Waals surface area contributed by atoms with Crippen LogP contribution in [-0.2, 0) is 19.6 Å². The fraction of sp³-hybridized carbons (Fsp3) is 0.350. The van der Waals surface area contributed by atoms with Crippen LogP contribution in [0.3, 0.4) is 0 Å². The predicted molar refractivity (Wildman–Crippen MR) is 111 cm³/mol. The first-order valence-corrected chi connectivity index (χ1v) is 8.62. The standard InChI is InChI=1S/C20H25N3O.2ClH/c21-13-16-6-8-19(9-7-16)20(24)22-14-17-4-3-5-18(12-17)15-23-10-1-2-11-23;;/h3-9,12H,1-2,10-11,13-15,21H2,(H,22,24);2*1H. The van der Waals surface area contributed by atoms with Crippen molar-refractivity contribution in [3.8, 4) is 0 Å². The number of nitrogens with zero attached hydrogens (tertiary/aromatic N) is 1. The van der Waals surface area contributed by atoms with Gasteiger partial charge in [0, 0.05) is 25.2 Å². The maximum Gasteiger partial charge on any atom is 0.251 e. The van der Waals surface area contributed by atoms with Crippen molar-refractivity contribution in [3.05, 3.63) is 70.8 Å². The van der Waals surface area contributed by atoms with Gasteiger partial charge in [-0.3, -0.25) is 9.69 Å². The SMILES string of the molecule is Cl.Cl.NCc1ccc(C(=O)NCc2cccc(CN3CCCC3)c2)cc1. The molecule has 0 aliphatic carbocycles. The molecule has 0 saturated carbocycles. The van der Waals surface area contributed by atoms with Crippen LogP contribution >= 0.6 is 24.8 Å². The molecule has 1 amide bonds. The van der Waals surface area contributed by atoms with E-state index in [1.54, 1.807) is 0 Å². The fourth-order valence-electron chi connectivity index (χ4n) is 3.11. The molecule has 2 aromatic carbocycles. The Bertz CT molecular complexity index is 686. The van der Waals surface area contributed by atoms with Crippen LogP contribution in [-0.4, -0.2) is 23.9 Å². The van der Waals surface area contributed by atoms with Gasteiger partial charge in [-0.25, -0.2) is 0 Å². The van der Waals surface area contributed by atoms with Crippen LogP contribution in [0, 0.1) is 0 Å². The maximum atomic E-state index is 12.2. The first kappa shape index (κ1) is 22.5. The second kappa shape index (κ2) is 11.2. The van der Waals surface area contributed by atoms with E-state index in [1.807, 2.05) is 24.3 Å². The molecule has 0 aromatic heterocycles. The Morgan fingerprint density at radius 2 is 1.62 bits per heavy atom. The largest absolute Gasteiger partial charge is 0.348 e. The topological polar surface area (TPSA) is 58.4 Å². The third-order valence-corrected chi connectivity index (χ3v) is 4.50. The van der Waals surface area contributed by atoms with Gasteiger partial charge in [0.05, 0.1) is 0 Å². The molecule has 0 bridgehead atoms. The van der Waals surface area contributed by atoms with E-state index in [1.165, 1.54) is 31.5 Å². The number of rotatable bonds is 6. The Labute approximate surface area is 168 Å². The summed E-state index contributed by atoms with van der Waals surface area (Å²) in [6.45, 7) is 4.43. The van der Waals surface area contributed by atoms with E-state index >= 15 is 0 Å². The molecule has 1 fully saturated rings. The summed E-state index contributed by atoms with van der Waals surface area (Å²) in [4.78, 5) is 14.7. The number of amides is 1. The molecule has 1 aliphatic heterocycles.